The van der Waals surface area contributed by atoms with Gasteiger partial charge in [-0.25, -0.2) is 9.07 Å². The summed E-state index contributed by atoms with van der Waals surface area (Å²) >= 11 is 3.65. The zero-order chi connectivity index (χ0) is 14.4. The number of aryl methyl sites for hydroxylation is 2. The Kier molecular flexibility index (Phi) is 3.42. The Balaban J connectivity index is 2.16. The quantitative estimate of drug-likeness (QED) is 0.861. The van der Waals surface area contributed by atoms with Crippen LogP contribution in [0.15, 0.2) is 16.7 Å². The molecule has 1 atom stereocenters. The lowest BCUT2D eigenvalue weighted by atomic mass is 10.0. The Morgan fingerprint density at radius 2 is 2.00 bits per heavy atom. The summed E-state index contributed by atoms with van der Waals surface area (Å²) in [6.07, 6.45) is 0.921. The predicted octanol–water partition coefficient (Wildman–Crippen LogP) is 3.60. The Bertz CT molecular complexity index is 655. The van der Waals surface area contributed by atoms with Crippen molar-refractivity contribution in [2.24, 2.45) is 0 Å². The molecule has 1 aromatic heterocycles. The molecule has 0 aliphatic carbocycles. The lowest BCUT2D eigenvalue weighted by molar-refractivity contribution is 0.536. The molecule has 2 aromatic rings. The largest absolute Gasteiger partial charge is 0.310 e. The molecule has 0 bridgehead atoms. The molecule has 0 saturated carbocycles. The molecule has 0 spiro atoms. The molecular weight excluding hydrogens is 321 g/mol. The van der Waals surface area contributed by atoms with Crippen LogP contribution in [-0.2, 0) is 6.42 Å². The first kappa shape index (κ1) is 13.8. The van der Waals surface area contributed by atoms with Gasteiger partial charge in [-0.05, 0) is 60.0 Å². The summed E-state index contributed by atoms with van der Waals surface area (Å²) < 4.78 is 16.6. The normalized spacial score (nSPS) is 18.1. The van der Waals surface area contributed by atoms with E-state index in [2.05, 4.69) is 28.2 Å². The predicted molar refractivity (Wildman–Crippen MR) is 80.8 cm³/mol. The molecule has 0 radical (unpaired) electrons. The third-order valence-corrected chi connectivity index (χ3v) is 4.61. The minimum atomic E-state index is -0.142. The van der Waals surface area contributed by atoms with Crippen LogP contribution in [0.2, 0.25) is 0 Å². The molecule has 1 N–H and O–H groups in total. The first-order valence-electron chi connectivity index (χ1n) is 6.77. The van der Waals surface area contributed by atoms with Crippen molar-refractivity contribution >= 4 is 15.9 Å². The summed E-state index contributed by atoms with van der Waals surface area (Å²) in [7, 11) is 0. The summed E-state index contributed by atoms with van der Waals surface area (Å²) in [6, 6.07) is 3.96. The monoisotopic (exact) mass is 337 g/mol. The van der Waals surface area contributed by atoms with Crippen molar-refractivity contribution < 1.29 is 4.39 Å². The van der Waals surface area contributed by atoms with E-state index in [4.69, 9.17) is 5.10 Å². The van der Waals surface area contributed by atoms with Gasteiger partial charge in [-0.15, -0.1) is 0 Å². The zero-order valence-corrected chi connectivity index (χ0v) is 13.4. The van der Waals surface area contributed by atoms with E-state index in [1.54, 1.807) is 13.8 Å². The van der Waals surface area contributed by atoms with Gasteiger partial charge in [0.15, 0.2) is 0 Å². The van der Waals surface area contributed by atoms with Crippen molar-refractivity contribution in [3.05, 3.63) is 44.9 Å². The lowest BCUT2D eigenvalue weighted by Crippen LogP contribution is -2.27. The van der Waals surface area contributed by atoms with E-state index < -0.39 is 0 Å². The number of nitrogens with one attached hydrogen (secondary N) is 1. The summed E-state index contributed by atoms with van der Waals surface area (Å²) in [4.78, 5) is 0. The number of aromatic nitrogens is 2. The van der Waals surface area contributed by atoms with Gasteiger partial charge in [0.25, 0.3) is 0 Å². The second kappa shape index (κ2) is 4.97. The summed E-state index contributed by atoms with van der Waals surface area (Å²) in [6.45, 7) is 6.65. The second-order valence-electron chi connectivity index (χ2n) is 5.38. The standard InChI is InChI=1S/C15H17BrFN3/c1-8-6-11(7-9(2)14(8)17)20-15(16)13-10(3)18-5-4-12(13)19-20/h6-7,10,18H,4-5H2,1-3H3/t10-/m0/s1. The van der Waals surface area contributed by atoms with E-state index in [0.29, 0.717) is 11.1 Å². The number of rotatable bonds is 1. The van der Waals surface area contributed by atoms with Gasteiger partial charge >= 0.3 is 0 Å². The molecule has 20 heavy (non-hydrogen) atoms. The topological polar surface area (TPSA) is 29.9 Å². The van der Waals surface area contributed by atoms with Gasteiger partial charge in [0.1, 0.15) is 10.4 Å². The van der Waals surface area contributed by atoms with Gasteiger partial charge in [-0.3, -0.25) is 0 Å². The smallest absolute Gasteiger partial charge is 0.129 e. The first-order valence-corrected chi connectivity index (χ1v) is 7.56. The number of benzene rings is 1. The van der Waals surface area contributed by atoms with Crippen molar-refractivity contribution in [1.29, 1.82) is 0 Å². The number of hydrogen-bond acceptors (Lipinski definition) is 2. The van der Waals surface area contributed by atoms with Crippen LogP contribution in [0, 0.1) is 19.7 Å². The highest BCUT2D eigenvalue weighted by molar-refractivity contribution is 9.10. The molecule has 1 aliphatic rings. The fraction of sp³-hybridized carbons (Fsp3) is 0.400. The molecule has 0 fully saturated rings. The Morgan fingerprint density at radius 1 is 1.35 bits per heavy atom. The fourth-order valence-corrected chi connectivity index (χ4v) is 3.65. The van der Waals surface area contributed by atoms with E-state index in [-0.39, 0.29) is 11.9 Å². The van der Waals surface area contributed by atoms with Crippen LogP contribution in [0.25, 0.3) is 5.69 Å². The molecule has 0 unspecified atom stereocenters. The highest BCUT2D eigenvalue weighted by Crippen LogP contribution is 2.32. The fourth-order valence-electron chi connectivity index (χ4n) is 2.79. The van der Waals surface area contributed by atoms with Gasteiger partial charge in [0.05, 0.1) is 11.4 Å². The maximum atomic E-state index is 13.8. The molecule has 5 heteroatoms. The minimum absolute atomic E-state index is 0.142. The van der Waals surface area contributed by atoms with Crippen LogP contribution >= 0.6 is 15.9 Å². The van der Waals surface area contributed by atoms with Crippen molar-refractivity contribution in [1.82, 2.24) is 15.1 Å². The van der Waals surface area contributed by atoms with Crippen LogP contribution in [-0.4, -0.2) is 16.3 Å². The average molecular weight is 338 g/mol. The maximum absolute atomic E-state index is 13.8. The zero-order valence-electron chi connectivity index (χ0n) is 11.8. The van der Waals surface area contributed by atoms with E-state index in [1.807, 2.05) is 16.8 Å². The minimum Gasteiger partial charge on any atom is -0.310 e. The third kappa shape index (κ3) is 2.09. The van der Waals surface area contributed by atoms with Gasteiger partial charge in [-0.2, -0.15) is 5.10 Å². The molecule has 3 rings (SSSR count). The number of nitrogens with zero attached hydrogens (tertiary/aromatic N) is 2. The van der Waals surface area contributed by atoms with E-state index in [1.165, 1.54) is 5.56 Å². The molecule has 0 amide bonds. The lowest BCUT2D eigenvalue weighted by Gasteiger charge is -2.19. The Hall–Kier alpha value is -1.20. The van der Waals surface area contributed by atoms with Crippen LogP contribution in [0.3, 0.4) is 0 Å². The SMILES string of the molecule is Cc1cc(-n2nc3c(c2Br)[C@H](C)NCC3)cc(C)c1F. The molecule has 1 aromatic carbocycles. The van der Waals surface area contributed by atoms with Crippen molar-refractivity contribution in [2.45, 2.75) is 33.2 Å². The Labute approximate surface area is 126 Å². The average Bonchev–Trinajstić information content (AvgIpc) is 2.74. The molecule has 106 valence electrons. The van der Waals surface area contributed by atoms with Crippen LogP contribution < -0.4 is 5.32 Å². The van der Waals surface area contributed by atoms with Crippen LogP contribution in [0.1, 0.15) is 35.3 Å². The van der Waals surface area contributed by atoms with Gasteiger partial charge in [0.2, 0.25) is 0 Å². The molecule has 0 saturated heterocycles. The number of hydrogen-bond donors (Lipinski definition) is 1. The van der Waals surface area contributed by atoms with Gasteiger partial charge < -0.3 is 5.32 Å². The Morgan fingerprint density at radius 3 is 2.60 bits per heavy atom. The van der Waals surface area contributed by atoms with Gasteiger partial charge in [-0.1, -0.05) is 0 Å². The molecule has 3 nitrogen and oxygen atoms in total. The molecule has 2 heterocycles. The second-order valence-corrected chi connectivity index (χ2v) is 6.13. The highest BCUT2D eigenvalue weighted by Gasteiger charge is 2.25. The van der Waals surface area contributed by atoms with E-state index >= 15 is 0 Å². The maximum Gasteiger partial charge on any atom is 0.129 e. The summed E-state index contributed by atoms with van der Waals surface area (Å²) in [5.74, 6) is -0.142. The van der Waals surface area contributed by atoms with E-state index in [0.717, 1.165) is 29.0 Å². The van der Waals surface area contributed by atoms with Crippen LogP contribution in [0.4, 0.5) is 4.39 Å². The molecular formula is C15H17BrFN3. The van der Waals surface area contributed by atoms with Gasteiger partial charge in [0, 0.05) is 24.6 Å². The van der Waals surface area contributed by atoms with E-state index in [9.17, 15) is 4.39 Å². The van der Waals surface area contributed by atoms with Crippen LogP contribution in [0.5, 0.6) is 0 Å². The van der Waals surface area contributed by atoms with Crippen molar-refractivity contribution in [3.63, 3.8) is 0 Å². The summed E-state index contributed by atoms with van der Waals surface area (Å²) in [5.41, 5.74) is 4.51. The summed E-state index contributed by atoms with van der Waals surface area (Å²) in [5, 5.41) is 8.12. The number of fused-ring (bicyclic) bond motifs is 1. The first-order chi connectivity index (χ1) is 9.49. The van der Waals surface area contributed by atoms with Crippen molar-refractivity contribution in [3.8, 4) is 5.69 Å². The highest BCUT2D eigenvalue weighted by atomic mass is 79.9. The van der Waals surface area contributed by atoms with Crippen molar-refractivity contribution in [2.75, 3.05) is 6.54 Å². The molecule has 1 aliphatic heterocycles. The third-order valence-electron chi connectivity index (χ3n) is 3.85. The number of halogens is 2.